The van der Waals surface area contributed by atoms with E-state index in [1.807, 2.05) is 18.4 Å². The van der Waals surface area contributed by atoms with Crippen molar-refractivity contribution in [1.29, 1.82) is 0 Å². The monoisotopic (exact) mass is 281 g/mol. The van der Waals surface area contributed by atoms with Crippen molar-refractivity contribution >= 4 is 23.2 Å². The fraction of sp³-hybridized carbons (Fsp3) is 0.571. The Morgan fingerprint density at radius 2 is 2.32 bits per heavy atom. The van der Waals surface area contributed by atoms with Crippen molar-refractivity contribution < 1.29 is 14.3 Å². The van der Waals surface area contributed by atoms with Gasteiger partial charge in [0.1, 0.15) is 4.88 Å². The van der Waals surface area contributed by atoms with Gasteiger partial charge in [-0.05, 0) is 42.7 Å². The minimum atomic E-state index is -0.397. The standard InChI is InChI=1S/C14H19NO3S/c1-10-4-3-6-15(8-10)12(16)9-18-14(17)13-11(2)5-7-19-13/h5,7,10H,3-4,6,8-9H2,1-2H3/t10-/m0/s1. The lowest BCUT2D eigenvalue weighted by Crippen LogP contribution is -2.41. The Morgan fingerprint density at radius 3 is 2.95 bits per heavy atom. The molecule has 1 fully saturated rings. The van der Waals surface area contributed by atoms with Gasteiger partial charge < -0.3 is 9.64 Å². The maximum atomic E-state index is 12.0. The highest BCUT2D eigenvalue weighted by atomic mass is 32.1. The molecule has 0 aliphatic carbocycles. The van der Waals surface area contributed by atoms with E-state index in [-0.39, 0.29) is 12.5 Å². The molecule has 0 saturated carbocycles. The Balaban J connectivity index is 1.83. The zero-order valence-corrected chi connectivity index (χ0v) is 12.2. The molecule has 0 unspecified atom stereocenters. The normalized spacial score (nSPS) is 19.3. The van der Waals surface area contributed by atoms with Crippen LogP contribution >= 0.6 is 11.3 Å². The van der Waals surface area contributed by atoms with Crippen LogP contribution in [0.5, 0.6) is 0 Å². The summed E-state index contributed by atoms with van der Waals surface area (Å²) in [7, 11) is 0. The first-order chi connectivity index (χ1) is 9.08. The fourth-order valence-corrected chi connectivity index (χ4v) is 3.10. The predicted molar refractivity (Wildman–Crippen MR) is 74.3 cm³/mol. The van der Waals surface area contributed by atoms with E-state index in [2.05, 4.69) is 6.92 Å². The third kappa shape index (κ3) is 3.56. The number of likely N-dealkylation sites (tertiary alicyclic amines) is 1. The lowest BCUT2D eigenvalue weighted by Gasteiger charge is -2.30. The van der Waals surface area contributed by atoms with Gasteiger partial charge in [-0.25, -0.2) is 4.79 Å². The fourth-order valence-electron chi connectivity index (χ4n) is 2.28. The SMILES string of the molecule is Cc1ccsc1C(=O)OCC(=O)N1CCC[C@H](C)C1. The number of hydrogen-bond donors (Lipinski definition) is 0. The number of piperidine rings is 1. The van der Waals surface area contributed by atoms with E-state index < -0.39 is 5.97 Å². The van der Waals surface area contributed by atoms with E-state index in [1.54, 1.807) is 4.90 Å². The summed E-state index contributed by atoms with van der Waals surface area (Å²) in [6.07, 6.45) is 2.20. The van der Waals surface area contributed by atoms with Crippen molar-refractivity contribution in [2.24, 2.45) is 5.92 Å². The molecule has 0 bridgehead atoms. The van der Waals surface area contributed by atoms with Gasteiger partial charge in [0.25, 0.3) is 5.91 Å². The van der Waals surface area contributed by atoms with E-state index in [4.69, 9.17) is 4.74 Å². The van der Waals surface area contributed by atoms with Crippen molar-refractivity contribution in [3.05, 3.63) is 21.9 Å². The van der Waals surface area contributed by atoms with Gasteiger partial charge in [0.15, 0.2) is 6.61 Å². The summed E-state index contributed by atoms with van der Waals surface area (Å²) in [5.74, 6) is 0.0490. The number of aryl methyl sites for hydroxylation is 1. The quantitative estimate of drug-likeness (QED) is 0.800. The van der Waals surface area contributed by atoms with Crippen LogP contribution in [0.2, 0.25) is 0 Å². The Bertz CT molecular complexity index is 469. The maximum absolute atomic E-state index is 12.0. The summed E-state index contributed by atoms with van der Waals surface area (Å²) in [5, 5.41) is 1.85. The van der Waals surface area contributed by atoms with Gasteiger partial charge in [0.2, 0.25) is 0 Å². The van der Waals surface area contributed by atoms with E-state index in [0.717, 1.165) is 31.5 Å². The third-order valence-corrected chi connectivity index (χ3v) is 4.38. The molecule has 0 radical (unpaired) electrons. The maximum Gasteiger partial charge on any atom is 0.349 e. The number of ether oxygens (including phenoxy) is 1. The van der Waals surface area contributed by atoms with Crippen LogP contribution in [-0.4, -0.2) is 36.5 Å². The summed E-state index contributed by atoms with van der Waals surface area (Å²) in [6, 6.07) is 1.87. The lowest BCUT2D eigenvalue weighted by molar-refractivity contribution is -0.136. The van der Waals surface area contributed by atoms with Crippen molar-refractivity contribution in [3.63, 3.8) is 0 Å². The highest BCUT2D eigenvalue weighted by molar-refractivity contribution is 7.12. The van der Waals surface area contributed by atoms with Gasteiger partial charge >= 0.3 is 5.97 Å². The first kappa shape index (κ1) is 14.1. The van der Waals surface area contributed by atoms with E-state index in [1.165, 1.54) is 11.3 Å². The van der Waals surface area contributed by atoms with Crippen LogP contribution in [-0.2, 0) is 9.53 Å². The molecule has 0 spiro atoms. The van der Waals surface area contributed by atoms with Gasteiger partial charge in [-0.2, -0.15) is 0 Å². The summed E-state index contributed by atoms with van der Waals surface area (Å²) < 4.78 is 5.10. The molecule has 4 nitrogen and oxygen atoms in total. The second-order valence-corrected chi connectivity index (χ2v) is 6.01. The van der Waals surface area contributed by atoms with Crippen LogP contribution in [0.3, 0.4) is 0 Å². The Morgan fingerprint density at radius 1 is 1.53 bits per heavy atom. The first-order valence-corrected chi connectivity index (χ1v) is 7.45. The van der Waals surface area contributed by atoms with Crippen LogP contribution in [0.25, 0.3) is 0 Å². The van der Waals surface area contributed by atoms with Crippen LogP contribution < -0.4 is 0 Å². The van der Waals surface area contributed by atoms with Gasteiger partial charge in [0, 0.05) is 13.1 Å². The second-order valence-electron chi connectivity index (χ2n) is 5.10. The number of carbonyl (C=O) groups excluding carboxylic acids is 2. The third-order valence-electron chi connectivity index (χ3n) is 3.38. The topological polar surface area (TPSA) is 46.6 Å². The van der Waals surface area contributed by atoms with Crippen LogP contribution in [0.15, 0.2) is 11.4 Å². The predicted octanol–water partition coefficient (Wildman–Crippen LogP) is 2.47. The Hall–Kier alpha value is -1.36. The molecule has 1 aliphatic rings. The number of rotatable bonds is 3. The Labute approximate surface area is 117 Å². The molecule has 2 heterocycles. The van der Waals surface area contributed by atoms with E-state index in [9.17, 15) is 9.59 Å². The number of nitrogens with zero attached hydrogens (tertiary/aromatic N) is 1. The second kappa shape index (κ2) is 6.19. The number of amides is 1. The summed E-state index contributed by atoms with van der Waals surface area (Å²) >= 11 is 1.35. The van der Waals surface area contributed by atoms with Gasteiger partial charge in [-0.3, -0.25) is 4.79 Å². The molecule has 19 heavy (non-hydrogen) atoms. The summed E-state index contributed by atoms with van der Waals surface area (Å²) in [4.78, 5) is 26.1. The number of esters is 1. The van der Waals surface area contributed by atoms with Crippen molar-refractivity contribution in [2.75, 3.05) is 19.7 Å². The Kier molecular flexibility index (Phi) is 4.58. The molecule has 2 rings (SSSR count). The molecule has 5 heteroatoms. The molecule has 1 aliphatic heterocycles. The summed E-state index contributed by atoms with van der Waals surface area (Å²) in [6.45, 7) is 5.40. The number of hydrogen-bond acceptors (Lipinski definition) is 4. The lowest BCUT2D eigenvalue weighted by atomic mass is 10.0. The van der Waals surface area contributed by atoms with Gasteiger partial charge in [-0.15, -0.1) is 11.3 Å². The van der Waals surface area contributed by atoms with Crippen LogP contribution in [0, 0.1) is 12.8 Å². The zero-order valence-electron chi connectivity index (χ0n) is 11.3. The van der Waals surface area contributed by atoms with Gasteiger partial charge in [-0.1, -0.05) is 6.92 Å². The summed E-state index contributed by atoms with van der Waals surface area (Å²) in [5.41, 5.74) is 0.897. The molecular weight excluding hydrogens is 262 g/mol. The van der Waals surface area contributed by atoms with Crippen LogP contribution in [0.1, 0.15) is 35.0 Å². The molecule has 1 saturated heterocycles. The molecular formula is C14H19NO3S. The van der Waals surface area contributed by atoms with Crippen molar-refractivity contribution in [2.45, 2.75) is 26.7 Å². The molecule has 1 atom stereocenters. The van der Waals surface area contributed by atoms with Crippen molar-refractivity contribution in [3.8, 4) is 0 Å². The van der Waals surface area contributed by atoms with Gasteiger partial charge in [0.05, 0.1) is 0 Å². The minimum absolute atomic E-state index is 0.0888. The average molecular weight is 281 g/mol. The van der Waals surface area contributed by atoms with E-state index in [0.29, 0.717) is 10.8 Å². The molecule has 0 aromatic carbocycles. The average Bonchev–Trinajstić information content (AvgIpc) is 2.82. The molecule has 1 aromatic heterocycles. The molecule has 0 N–H and O–H groups in total. The number of carbonyl (C=O) groups is 2. The van der Waals surface area contributed by atoms with E-state index >= 15 is 0 Å². The van der Waals surface area contributed by atoms with Crippen LogP contribution in [0.4, 0.5) is 0 Å². The molecule has 104 valence electrons. The highest BCUT2D eigenvalue weighted by Gasteiger charge is 2.22. The molecule has 1 aromatic rings. The van der Waals surface area contributed by atoms with Crippen molar-refractivity contribution in [1.82, 2.24) is 4.90 Å². The minimum Gasteiger partial charge on any atom is -0.451 e. The largest absolute Gasteiger partial charge is 0.451 e. The number of thiophene rings is 1. The first-order valence-electron chi connectivity index (χ1n) is 6.57. The highest BCUT2D eigenvalue weighted by Crippen LogP contribution is 2.18. The smallest absolute Gasteiger partial charge is 0.349 e. The molecule has 1 amide bonds. The zero-order chi connectivity index (χ0) is 13.8.